The third-order valence-electron chi connectivity index (χ3n) is 3.04. The van der Waals surface area contributed by atoms with E-state index < -0.39 is 0 Å². The molecule has 0 radical (unpaired) electrons. The van der Waals surface area contributed by atoms with E-state index in [1.165, 1.54) is 16.2 Å². The van der Waals surface area contributed by atoms with Crippen molar-refractivity contribution in [3.05, 3.63) is 10.6 Å². The largest absolute Gasteiger partial charge is 0.344 e. The molecule has 7 heteroatoms. The fourth-order valence-electron chi connectivity index (χ4n) is 1.97. The summed E-state index contributed by atoms with van der Waals surface area (Å²) in [6.45, 7) is 2.48. The highest BCUT2D eigenvalue weighted by atomic mass is 79.9. The van der Waals surface area contributed by atoms with E-state index in [0.29, 0.717) is 34.6 Å². The molecule has 1 aliphatic heterocycles. The van der Waals surface area contributed by atoms with Crippen molar-refractivity contribution in [2.45, 2.75) is 13.3 Å². The SMILES string of the molecule is Cc1nc(N2CC(CBr)CC2=O)sc1C(=O)N(C)C. The van der Waals surface area contributed by atoms with E-state index in [1.807, 2.05) is 0 Å². The summed E-state index contributed by atoms with van der Waals surface area (Å²) >= 11 is 4.71. The smallest absolute Gasteiger partial charge is 0.265 e. The van der Waals surface area contributed by atoms with E-state index in [9.17, 15) is 9.59 Å². The number of anilines is 1. The van der Waals surface area contributed by atoms with Crippen LogP contribution in [-0.2, 0) is 4.79 Å². The number of rotatable bonds is 3. The Labute approximate surface area is 124 Å². The molecular formula is C12H16BrN3O2S. The second kappa shape index (κ2) is 5.58. The number of carbonyl (C=O) groups is 2. The second-order valence-corrected chi connectivity index (χ2v) is 6.46. The molecule has 0 saturated carbocycles. The van der Waals surface area contributed by atoms with Crippen molar-refractivity contribution in [1.29, 1.82) is 0 Å². The van der Waals surface area contributed by atoms with Crippen LogP contribution >= 0.6 is 27.3 Å². The topological polar surface area (TPSA) is 53.5 Å². The lowest BCUT2D eigenvalue weighted by molar-refractivity contribution is -0.117. The van der Waals surface area contributed by atoms with Gasteiger partial charge in [-0.05, 0) is 12.8 Å². The minimum atomic E-state index is -0.0649. The molecule has 1 aromatic rings. The van der Waals surface area contributed by atoms with Gasteiger partial charge in [0.1, 0.15) is 4.88 Å². The van der Waals surface area contributed by atoms with Crippen molar-refractivity contribution in [1.82, 2.24) is 9.88 Å². The monoisotopic (exact) mass is 345 g/mol. The zero-order valence-electron chi connectivity index (χ0n) is 11.1. The Kier molecular flexibility index (Phi) is 4.25. The number of hydrogen-bond acceptors (Lipinski definition) is 4. The summed E-state index contributed by atoms with van der Waals surface area (Å²) in [4.78, 5) is 32.1. The van der Waals surface area contributed by atoms with Crippen LogP contribution in [0.25, 0.3) is 0 Å². The highest BCUT2D eigenvalue weighted by molar-refractivity contribution is 9.09. The Bertz CT molecular complexity index is 515. The number of halogens is 1. The molecule has 2 amide bonds. The number of thiazole rings is 1. The number of hydrogen-bond donors (Lipinski definition) is 0. The normalized spacial score (nSPS) is 19.1. The second-order valence-electron chi connectivity index (χ2n) is 4.84. The zero-order valence-corrected chi connectivity index (χ0v) is 13.5. The molecule has 1 saturated heterocycles. The lowest BCUT2D eigenvalue weighted by Crippen LogP contribution is -2.24. The van der Waals surface area contributed by atoms with Crippen LogP contribution in [0.5, 0.6) is 0 Å². The number of alkyl halides is 1. The van der Waals surface area contributed by atoms with E-state index in [2.05, 4.69) is 20.9 Å². The fraction of sp³-hybridized carbons (Fsp3) is 0.583. The summed E-state index contributed by atoms with van der Waals surface area (Å²) < 4.78 is 0. The number of carbonyl (C=O) groups excluding carboxylic acids is 2. The lowest BCUT2D eigenvalue weighted by atomic mass is 10.2. The van der Waals surface area contributed by atoms with Gasteiger partial charge in [-0.2, -0.15) is 0 Å². The third kappa shape index (κ3) is 2.81. The van der Waals surface area contributed by atoms with E-state index >= 15 is 0 Å². The summed E-state index contributed by atoms with van der Waals surface area (Å²) in [6, 6.07) is 0. The first-order chi connectivity index (χ1) is 8.93. The molecular weight excluding hydrogens is 330 g/mol. The summed E-state index contributed by atoms with van der Waals surface area (Å²) in [5.74, 6) is 0.344. The van der Waals surface area contributed by atoms with Crippen LogP contribution in [0.3, 0.4) is 0 Å². The molecule has 2 rings (SSSR count). The van der Waals surface area contributed by atoms with E-state index in [0.717, 1.165) is 5.33 Å². The molecule has 0 aliphatic carbocycles. The Morgan fingerprint density at radius 1 is 1.58 bits per heavy atom. The number of aromatic nitrogens is 1. The van der Waals surface area contributed by atoms with Crippen LogP contribution < -0.4 is 4.90 Å². The Balaban J connectivity index is 2.26. The first kappa shape index (κ1) is 14.5. The summed E-state index contributed by atoms with van der Waals surface area (Å²) in [5.41, 5.74) is 0.689. The van der Waals surface area contributed by atoms with E-state index in [4.69, 9.17) is 0 Å². The van der Waals surface area contributed by atoms with Gasteiger partial charge >= 0.3 is 0 Å². The standard InChI is InChI=1S/C12H16BrN3O2S/c1-7-10(11(18)15(2)3)19-12(14-7)16-6-8(5-13)4-9(16)17/h8H,4-6H2,1-3H3. The number of amides is 2. The van der Waals surface area contributed by atoms with Crippen LogP contribution in [0, 0.1) is 12.8 Å². The molecule has 0 spiro atoms. The van der Waals surface area contributed by atoms with Gasteiger partial charge in [0, 0.05) is 32.4 Å². The van der Waals surface area contributed by atoms with Gasteiger partial charge in [0.25, 0.3) is 5.91 Å². The molecule has 1 fully saturated rings. The number of aryl methyl sites for hydroxylation is 1. The first-order valence-corrected chi connectivity index (χ1v) is 7.93. The van der Waals surface area contributed by atoms with Gasteiger partial charge in [0.2, 0.25) is 5.91 Å². The van der Waals surface area contributed by atoms with Gasteiger partial charge in [0.15, 0.2) is 5.13 Å². The van der Waals surface area contributed by atoms with E-state index in [-0.39, 0.29) is 11.8 Å². The zero-order chi connectivity index (χ0) is 14.2. The fourth-order valence-corrected chi connectivity index (χ4v) is 3.52. The molecule has 1 aromatic heterocycles. The van der Waals surface area contributed by atoms with Gasteiger partial charge in [-0.1, -0.05) is 27.3 Å². The maximum absolute atomic E-state index is 12.0. The minimum absolute atomic E-state index is 0.0649. The van der Waals surface area contributed by atoms with Crippen LogP contribution in [0.2, 0.25) is 0 Å². The van der Waals surface area contributed by atoms with Crippen LogP contribution in [-0.4, -0.2) is 47.7 Å². The highest BCUT2D eigenvalue weighted by Gasteiger charge is 2.32. The maximum atomic E-state index is 12.0. The van der Waals surface area contributed by atoms with Gasteiger partial charge in [-0.25, -0.2) is 4.98 Å². The Morgan fingerprint density at radius 2 is 2.26 bits per heavy atom. The molecule has 2 heterocycles. The predicted octanol–water partition coefficient (Wildman–Crippen LogP) is 1.90. The molecule has 0 N–H and O–H groups in total. The highest BCUT2D eigenvalue weighted by Crippen LogP contribution is 2.31. The minimum Gasteiger partial charge on any atom is -0.344 e. The number of nitrogens with zero attached hydrogens (tertiary/aromatic N) is 3. The Morgan fingerprint density at radius 3 is 2.79 bits per heavy atom. The maximum Gasteiger partial charge on any atom is 0.265 e. The van der Waals surface area contributed by atoms with Crippen molar-refractivity contribution in [3.8, 4) is 0 Å². The lowest BCUT2D eigenvalue weighted by Gasteiger charge is -2.12. The predicted molar refractivity (Wildman–Crippen MR) is 79.1 cm³/mol. The van der Waals surface area contributed by atoms with Crippen LogP contribution in [0.15, 0.2) is 0 Å². The first-order valence-electron chi connectivity index (χ1n) is 5.99. The molecule has 104 valence electrons. The van der Waals surface area contributed by atoms with Gasteiger partial charge in [-0.15, -0.1) is 0 Å². The summed E-state index contributed by atoms with van der Waals surface area (Å²) in [5, 5.41) is 1.44. The van der Waals surface area contributed by atoms with Crippen molar-refractivity contribution in [3.63, 3.8) is 0 Å². The molecule has 19 heavy (non-hydrogen) atoms. The van der Waals surface area contributed by atoms with Gasteiger partial charge < -0.3 is 4.90 Å². The van der Waals surface area contributed by atoms with Crippen molar-refractivity contribution >= 4 is 44.2 Å². The summed E-state index contributed by atoms with van der Waals surface area (Å²) in [7, 11) is 3.42. The molecule has 0 aromatic carbocycles. The van der Waals surface area contributed by atoms with Crippen LogP contribution in [0.4, 0.5) is 5.13 Å². The average Bonchev–Trinajstić information content (AvgIpc) is 2.91. The molecule has 1 unspecified atom stereocenters. The third-order valence-corrected chi connectivity index (χ3v) is 5.12. The van der Waals surface area contributed by atoms with Crippen molar-refractivity contribution in [2.75, 3.05) is 30.9 Å². The summed E-state index contributed by atoms with van der Waals surface area (Å²) in [6.07, 6.45) is 0.542. The quantitative estimate of drug-likeness (QED) is 0.786. The average molecular weight is 346 g/mol. The van der Waals surface area contributed by atoms with Crippen LogP contribution in [0.1, 0.15) is 21.8 Å². The van der Waals surface area contributed by atoms with Gasteiger partial charge in [0.05, 0.1) is 5.69 Å². The molecule has 0 bridgehead atoms. The molecule has 1 aliphatic rings. The molecule has 5 nitrogen and oxygen atoms in total. The van der Waals surface area contributed by atoms with E-state index in [1.54, 1.807) is 25.9 Å². The molecule has 1 atom stereocenters. The van der Waals surface area contributed by atoms with Crippen molar-refractivity contribution in [2.24, 2.45) is 5.92 Å². The Hall–Kier alpha value is -0.950. The van der Waals surface area contributed by atoms with Crippen molar-refractivity contribution < 1.29 is 9.59 Å². The van der Waals surface area contributed by atoms with Gasteiger partial charge in [-0.3, -0.25) is 14.5 Å².